The van der Waals surface area contributed by atoms with Crippen LogP contribution in [0.2, 0.25) is 0 Å². The second-order valence-electron chi connectivity index (χ2n) is 7.33. The molecule has 1 heterocycles. The van der Waals surface area contributed by atoms with E-state index >= 15 is 0 Å². The van der Waals surface area contributed by atoms with Crippen LogP contribution in [0.3, 0.4) is 0 Å². The van der Waals surface area contributed by atoms with E-state index in [1.54, 1.807) is 7.11 Å². The normalized spacial score (nSPS) is 16.3. The highest BCUT2D eigenvalue weighted by atomic mass is 32.1. The number of benzene rings is 1. The van der Waals surface area contributed by atoms with Gasteiger partial charge in [0.1, 0.15) is 12.3 Å². The van der Waals surface area contributed by atoms with E-state index in [0.29, 0.717) is 6.04 Å². The van der Waals surface area contributed by atoms with Crippen LogP contribution in [0, 0.1) is 18.6 Å². The maximum absolute atomic E-state index is 5.85. The van der Waals surface area contributed by atoms with Gasteiger partial charge >= 0.3 is 0 Å². The zero-order valence-corrected chi connectivity index (χ0v) is 16.7. The van der Waals surface area contributed by atoms with Crippen LogP contribution in [0.1, 0.15) is 48.7 Å². The predicted molar refractivity (Wildman–Crippen MR) is 104 cm³/mol. The van der Waals surface area contributed by atoms with Crippen LogP contribution in [0.5, 0.6) is 5.75 Å². The molecule has 25 heavy (non-hydrogen) atoms. The van der Waals surface area contributed by atoms with Gasteiger partial charge in [-0.05, 0) is 63.2 Å². The zero-order valence-electron chi connectivity index (χ0n) is 15.8. The van der Waals surface area contributed by atoms with Crippen molar-refractivity contribution in [2.24, 2.45) is 0 Å². The summed E-state index contributed by atoms with van der Waals surface area (Å²) in [5.41, 5.74) is 3.97. The van der Waals surface area contributed by atoms with Gasteiger partial charge < -0.3 is 14.2 Å². The van der Waals surface area contributed by atoms with E-state index in [9.17, 15) is 0 Å². The Kier molecular flexibility index (Phi) is 5.64. The molecule has 5 heteroatoms. The van der Waals surface area contributed by atoms with Gasteiger partial charge in [-0.1, -0.05) is 12.8 Å². The quantitative estimate of drug-likeness (QED) is 0.798. The number of nitrogens with one attached hydrogen (secondary N) is 1. The first-order chi connectivity index (χ1) is 12.0. The molecule has 1 atom stereocenters. The molecule has 4 nitrogen and oxygen atoms in total. The van der Waals surface area contributed by atoms with E-state index in [4.69, 9.17) is 17.0 Å². The monoisotopic (exact) mass is 360 g/mol. The molecule has 1 saturated carbocycles. The fraction of sp³-hybridized carbons (Fsp3) is 0.550. The molecular formula is C20H30N3OS+. The molecule has 1 aliphatic rings. The van der Waals surface area contributed by atoms with Crippen molar-refractivity contribution in [3.63, 3.8) is 0 Å². The molecule has 1 N–H and O–H groups in total. The molecule has 1 aliphatic carbocycles. The van der Waals surface area contributed by atoms with Gasteiger partial charge in [0.2, 0.25) is 0 Å². The van der Waals surface area contributed by atoms with Gasteiger partial charge in [-0.15, -0.1) is 0 Å². The highest BCUT2D eigenvalue weighted by molar-refractivity contribution is 7.71. The van der Waals surface area contributed by atoms with E-state index in [0.717, 1.165) is 23.7 Å². The Labute approximate surface area is 156 Å². The lowest BCUT2D eigenvalue weighted by Crippen LogP contribution is -3.06. The number of methoxy groups -OCH3 is 1. The Morgan fingerprint density at radius 3 is 2.36 bits per heavy atom. The number of ether oxygens (including phenoxy) is 1. The maximum Gasteiger partial charge on any atom is 0.184 e. The second kappa shape index (κ2) is 7.75. The molecule has 1 unspecified atom stereocenters. The predicted octanol–water partition coefficient (Wildman–Crippen LogP) is 3.43. The maximum atomic E-state index is 5.85. The van der Waals surface area contributed by atoms with Crippen LogP contribution < -0.4 is 9.64 Å². The molecule has 1 fully saturated rings. The number of quaternary nitrogens is 1. The van der Waals surface area contributed by atoms with E-state index in [2.05, 4.69) is 42.2 Å². The number of hydrogen-bond acceptors (Lipinski definition) is 2. The Balaban J connectivity index is 1.75. The SMILES string of the molecule is COc1ccc(C[NH+](C)Cn2c(C)c(C)n(C3CCCC3)c2=S)cc1. The molecule has 0 spiro atoms. The third-order valence-electron chi connectivity index (χ3n) is 5.51. The fourth-order valence-corrected chi connectivity index (χ4v) is 4.47. The summed E-state index contributed by atoms with van der Waals surface area (Å²) in [6.07, 6.45) is 5.21. The lowest BCUT2D eigenvalue weighted by molar-refractivity contribution is -0.917. The Bertz CT molecular complexity index is 769. The second-order valence-corrected chi connectivity index (χ2v) is 7.69. The highest BCUT2D eigenvalue weighted by Crippen LogP contribution is 2.32. The molecule has 0 radical (unpaired) electrons. The molecule has 1 aromatic carbocycles. The summed E-state index contributed by atoms with van der Waals surface area (Å²) >= 11 is 5.85. The number of nitrogens with zero attached hydrogens (tertiary/aromatic N) is 2. The van der Waals surface area contributed by atoms with Gasteiger partial charge in [0, 0.05) is 23.0 Å². The van der Waals surface area contributed by atoms with E-state index in [-0.39, 0.29) is 0 Å². The standard InChI is InChI=1S/C20H29N3OS/c1-15-16(2)23(18-7-5-6-8-18)20(25)22(15)14-21(3)13-17-9-11-19(24-4)12-10-17/h9-12,18H,5-8,13-14H2,1-4H3/p+1. The number of imidazole rings is 1. The number of hydrogen-bond donors (Lipinski definition) is 1. The Morgan fingerprint density at radius 2 is 1.76 bits per heavy atom. The van der Waals surface area contributed by atoms with E-state index in [1.807, 2.05) is 12.1 Å². The van der Waals surface area contributed by atoms with Crippen molar-refractivity contribution in [3.05, 3.63) is 46.0 Å². The number of rotatable bonds is 6. The van der Waals surface area contributed by atoms with Gasteiger partial charge in [0.25, 0.3) is 0 Å². The van der Waals surface area contributed by atoms with Crippen molar-refractivity contribution in [2.45, 2.75) is 58.8 Å². The third-order valence-corrected chi connectivity index (χ3v) is 5.93. The minimum absolute atomic E-state index is 0.606. The van der Waals surface area contributed by atoms with Crippen molar-refractivity contribution in [1.82, 2.24) is 9.13 Å². The molecule has 136 valence electrons. The van der Waals surface area contributed by atoms with Crippen LogP contribution in [0.15, 0.2) is 24.3 Å². The topological polar surface area (TPSA) is 23.5 Å². The lowest BCUT2D eigenvalue weighted by atomic mass is 10.2. The smallest absolute Gasteiger partial charge is 0.184 e. The number of aromatic nitrogens is 2. The van der Waals surface area contributed by atoms with Crippen LogP contribution >= 0.6 is 12.2 Å². The highest BCUT2D eigenvalue weighted by Gasteiger charge is 2.23. The minimum Gasteiger partial charge on any atom is -0.497 e. The molecule has 2 aromatic rings. The summed E-state index contributed by atoms with van der Waals surface area (Å²) in [5.74, 6) is 0.906. The summed E-state index contributed by atoms with van der Waals surface area (Å²) in [6.45, 7) is 6.30. The summed E-state index contributed by atoms with van der Waals surface area (Å²) < 4.78 is 11.0. The summed E-state index contributed by atoms with van der Waals surface area (Å²) in [4.78, 5) is 1.42. The van der Waals surface area contributed by atoms with Gasteiger partial charge in [-0.2, -0.15) is 0 Å². The zero-order chi connectivity index (χ0) is 18.0. The van der Waals surface area contributed by atoms with Crippen molar-refractivity contribution < 1.29 is 9.64 Å². The summed E-state index contributed by atoms with van der Waals surface area (Å²) in [5, 5.41) is 0. The molecule has 3 rings (SSSR count). The van der Waals surface area contributed by atoms with Crippen LogP contribution in [0.4, 0.5) is 0 Å². The first-order valence-corrected chi connectivity index (χ1v) is 9.64. The van der Waals surface area contributed by atoms with Crippen molar-refractivity contribution in [3.8, 4) is 5.75 Å². The summed E-state index contributed by atoms with van der Waals surface area (Å²) in [6, 6.07) is 8.95. The van der Waals surface area contributed by atoms with Gasteiger partial charge in [-0.3, -0.25) is 4.57 Å². The van der Waals surface area contributed by atoms with Crippen LogP contribution in [-0.4, -0.2) is 23.3 Å². The lowest BCUT2D eigenvalue weighted by Gasteiger charge is -2.16. The average molecular weight is 361 g/mol. The minimum atomic E-state index is 0.606. The van der Waals surface area contributed by atoms with Crippen molar-refractivity contribution in [1.29, 1.82) is 0 Å². The Hall–Kier alpha value is -1.59. The molecule has 0 bridgehead atoms. The van der Waals surface area contributed by atoms with Gasteiger partial charge in [-0.25, -0.2) is 0 Å². The summed E-state index contributed by atoms with van der Waals surface area (Å²) in [7, 11) is 3.93. The first-order valence-electron chi connectivity index (χ1n) is 9.23. The van der Waals surface area contributed by atoms with Crippen molar-refractivity contribution in [2.75, 3.05) is 14.2 Å². The molecule has 0 amide bonds. The van der Waals surface area contributed by atoms with Gasteiger partial charge in [0.05, 0.1) is 14.2 Å². The Morgan fingerprint density at radius 1 is 1.12 bits per heavy atom. The third kappa shape index (κ3) is 3.82. The largest absolute Gasteiger partial charge is 0.497 e. The fourth-order valence-electron chi connectivity index (χ4n) is 3.98. The van der Waals surface area contributed by atoms with E-state index < -0.39 is 0 Å². The molecule has 0 saturated heterocycles. The van der Waals surface area contributed by atoms with E-state index in [1.165, 1.54) is 47.5 Å². The van der Waals surface area contributed by atoms with Crippen molar-refractivity contribution >= 4 is 12.2 Å². The van der Waals surface area contributed by atoms with Crippen LogP contribution in [0.25, 0.3) is 0 Å². The molecule has 1 aromatic heterocycles. The molecular weight excluding hydrogens is 330 g/mol. The average Bonchev–Trinajstić information content (AvgIpc) is 3.19. The van der Waals surface area contributed by atoms with Gasteiger partial charge in [0.15, 0.2) is 11.4 Å². The molecule has 0 aliphatic heterocycles. The first kappa shape index (κ1) is 18.2. The van der Waals surface area contributed by atoms with Crippen LogP contribution in [-0.2, 0) is 13.2 Å².